The molecule has 1 fully saturated rings. The normalized spacial score (nSPS) is 28.2. The van der Waals surface area contributed by atoms with Gasteiger partial charge in [0.05, 0.1) is 47.1 Å². The highest BCUT2D eigenvalue weighted by molar-refractivity contribution is 5.66. The summed E-state index contributed by atoms with van der Waals surface area (Å²) in [5.41, 5.74) is 1.96. The molecule has 2 aromatic rings. The van der Waals surface area contributed by atoms with E-state index in [1.54, 1.807) is 36.4 Å². The monoisotopic (exact) mass is 550 g/mol. The molecule has 1 saturated heterocycles. The number of rotatable bonds is 10. The summed E-state index contributed by atoms with van der Waals surface area (Å²) in [5, 5.41) is 59.7. The summed E-state index contributed by atoms with van der Waals surface area (Å²) >= 11 is 0. The van der Waals surface area contributed by atoms with Crippen LogP contribution < -0.4 is 23.7 Å². The topological polar surface area (TPSA) is 177 Å². The molecule has 12 heteroatoms. The Morgan fingerprint density at radius 2 is 1.54 bits per heavy atom. The van der Waals surface area contributed by atoms with Crippen molar-refractivity contribution in [1.29, 1.82) is 0 Å². The second-order valence-electron chi connectivity index (χ2n) is 9.08. The van der Waals surface area contributed by atoms with Crippen LogP contribution in [0.3, 0.4) is 0 Å². The van der Waals surface area contributed by atoms with E-state index in [2.05, 4.69) is 0 Å². The first-order valence-corrected chi connectivity index (χ1v) is 12.3. The summed E-state index contributed by atoms with van der Waals surface area (Å²) in [4.78, 5) is 0. The predicted octanol–water partition coefficient (Wildman–Crippen LogP) is 0.106. The van der Waals surface area contributed by atoms with E-state index >= 15 is 0 Å². The number of benzene rings is 2. The van der Waals surface area contributed by atoms with E-state index in [1.165, 1.54) is 21.3 Å². The average molecular weight is 551 g/mol. The van der Waals surface area contributed by atoms with Gasteiger partial charge in [-0.05, 0) is 24.3 Å². The van der Waals surface area contributed by atoms with Gasteiger partial charge >= 0.3 is 0 Å². The lowest BCUT2D eigenvalue weighted by Crippen LogP contribution is -2.60. The Morgan fingerprint density at radius 3 is 2.10 bits per heavy atom. The van der Waals surface area contributed by atoms with Gasteiger partial charge in [-0.15, -0.1) is 0 Å². The van der Waals surface area contributed by atoms with Crippen LogP contribution in [0.1, 0.15) is 28.7 Å². The van der Waals surface area contributed by atoms with Gasteiger partial charge in [0, 0.05) is 16.7 Å². The second kappa shape index (κ2) is 12.4. The van der Waals surface area contributed by atoms with E-state index in [4.69, 9.17) is 28.4 Å². The van der Waals surface area contributed by atoms with Crippen molar-refractivity contribution in [2.75, 3.05) is 41.2 Å². The molecule has 214 valence electrons. The minimum Gasteiger partial charge on any atom is -0.496 e. The Hall–Kier alpha value is -3.10. The molecular formula is C27H34O12. The Morgan fingerprint density at radius 1 is 0.846 bits per heavy atom. The molecule has 12 nitrogen and oxygen atoms in total. The summed E-state index contributed by atoms with van der Waals surface area (Å²) in [6, 6.07) is 6.81. The summed E-state index contributed by atoms with van der Waals surface area (Å²) in [6.45, 7) is -1.02. The number of aliphatic hydroxyl groups excluding tert-OH is 6. The van der Waals surface area contributed by atoms with Crippen LogP contribution in [-0.4, -0.2) is 102 Å². The molecule has 0 radical (unpaired) electrons. The van der Waals surface area contributed by atoms with E-state index in [9.17, 15) is 30.6 Å². The summed E-state index contributed by atoms with van der Waals surface area (Å²) < 4.78 is 34.3. The quantitative estimate of drug-likeness (QED) is 0.236. The van der Waals surface area contributed by atoms with Crippen LogP contribution in [0.4, 0.5) is 0 Å². The minimum atomic E-state index is -1.63. The smallest absolute Gasteiger partial charge is 0.229 e. The van der Waals surface area contributed by atoms with Gasteiger partial charge in [-0.2, -0.15) is 0 Å². The molecule has 4 rings (SSSR count). The number of methoxy groups -OCH3 is 3. The fraction of sp³-hybridized carbons (Fsp3) is 0.481. The zero-order valence-electron chi connectivity index (χ0n) is 21.8. The first-order chi connectivity index (χ1) is 18.8. The second-order valence-corrected chi connectivity index (χ2v) is 9.08. The van der Waals surface area contributed by atoms with Crippen molar-refractivity contribution in [3.8, 4) is 28.7 Å². The molecule has 0 unspecified atom stereocenters. The molecule has 2 aromatic carbocycles. The highest BCUT2D eigenvalue weighted by Gasteiger charge is 2.45. The lowest BCUT2D eigenvalue weighted by atomic mass is 9.89. The molecule has 0 aromatic heterocycles. The molecular weight excluding hydrogens is 516 g/mol. The fourth-order valence-electron chi connectivity index (χ4n) is 4.91. The van der Waals surface area contributed by atoms with Crippen LogP contribution in [0.2, 0.25) is 0 Å². The SMILES string of the molecule is COc1cc([C@H]2Oc3ccc(/C=C/CO)c(OC)c3[C@@H]2CO)cc(OC)c1O[C@@H]1O[C@H](CO)[C@@H](O)[C@H](O)[C@H]1O. The molecule has 0 aliphatic carbocycles. The minimum absolute atomic E-state index is 0.0400. The van der Waals surface area contributed by atoms with Gasteiger partial charge in [-0.1, -0.05) is 12.2 Å². The third kappa shape index (κ3) is 5.37. The maximum atomic E-state index is 10.4. The number of hydrogen-bond donors (Lipinski definition) is 6. The van der Waals surface area contributed by atoms with Crippen molar-refractivity contribution in [2.45, 2.75) is 42.7 Å². The number of fused-ring (bicyclic) bond motifs is 1. The Kier molecular flexibility index (Phi) is 9.18. The first kappa shape index (κ1) is 28.9. The first-order valence-electron chi connectivity index (χ1n) is 12.3. The van der Waals surface area contributed by atoms with Gasteiger partial charge in [0.2, 0.25) is 12.0 Å². The van der Waals surface area contributed by atoms with Crippen LogP contribution in [-0.2, 0) is 4.74 Å². The maximum absolute atomic E-state index is 10.4. The molecule has 0 spiro atoms. The average Bonchev–Trinajstić information content (AvgIpc) is 3.34. The van der Waals surface area contributed by atoms with E-state index in [1.807, 2.05) is 0 Å². The molecule has 7 atom stereocenters. The van der Waals surface area contributed by atoms with Crippen molar-refractivity contribution in [2.24, 2.45) is 0 Å². The fourth-order valence-corrected chi connectivity index (χ4v) is 4.91. The highest BCUT2D eigenvalue weighted by Crippen LogP contribution is 2.53. The number of aliphatic hydroxyl groups is 6. The van der Waals surface area contributed by atoms with Crippen LogP contribution >= 0.6 is 0 Å². The molecule has 0 amide bonds. The lowest BCUT2D eigenvalue weighted by Gasteiger charge is -2.39. The van der Waals surface area contributed by atoms with Crippen molar-refractivity contribution < 1.29 is 59.1 Å². The maximum Gasteiger partial charge on any atom is 0.229 e. The van der Waals surface area contributed by atoms with Gasteiger partial charge in [-0.3, -0.25) is 0 Å². The molecule has 39 heavy (non-hydrogen) atoms. The molecule has 6 N–H and O–H groups in total. The van der Waals surface area contributed by atoms with Crippen molar-refractivity contribution in [3.05, 3.63) is 47.0 Å². The summed E-state index contributed by atoms with van der Waals surface area (Å²) in [6.07, 6.45) is -4.78. The lowest BCUT2D eigenvalue weighted by molar-refractivity contribution is -0.277. The third-order valence-corrected chi connectivity index (χ3v) is 6.87. The molecule has 0 bridgehead atoms. The van der Waals surface area contributed by atoms with Crippen LogP contribution in [0.25, 0.3) is 6.08 Å². The van der Waals surface area contributed by atoms with Gasteiger partial charge < -0.3 is 59.1 Å². The Labute approximate surface area is 225 Å². The van der Waals surface area contributed by atoms with Gasteiger partial charge in [0.1, 0.15) is 42.0 Å². The van der Waals surface area contributed by atoms with Crippen molar-refractivity contribution >= 4 is 6.08 Å². The highest BCUT2D eigenvalue weighted by atomic mass is 16.7. The van der Waals surface area contributed by atoms with Crippen LogP contribution in [0, 0.1) is 0 Å². The molecule has 2 aliphatic heterocycles. The van der Waals surface area contributed by atoms with E-state index in [0.29, 0.717) is 28.2 Å². The van der Waals surface area contributed by atoms with Crippen LogP contribution in [0.5, 0.6) is 28.7 Å². The number of ether oxygens (including phenoxy) is 6. The van der Waals surface area contributed by atoms with Crippen molar-refractivity contribution in [1.82, 2.24) is 0 Å². The van der Waals surface area contributed by atoms with Gasteiger partial charge in [-0.25, -0.2) is 0 Å². The molecule has 0 saturated carbocycles. The zero-order chi connectivity index (χ0) is 28.3. The molecule has 2 aliphatic rings. The van der Waals surface area contributed by atoms with Gasteiger partial charge in [0.25, 0.3) is 0 Å². The van der Waals surface area contributed by atoms with Crippen molar-refractivity contribution in [3.63, 3.8) is 0 Å². The Bertz CT molecular complexity index is 1140. The standard InChI is InChI=1S/C27H34O12/c1-34-17-9-14(10-18(35-2)26(17)39-27-23(33)22(32)21(31)19(12-30)38-27)24-15(11-29)20-16(37-24)7-6-13(5-4-8-28)25(20)36-3/h4-7,9-10,15,19,21-24,27-33H,8,11-12H2,1-3H3/b5-4+/t15-,19+,21+,22-,23+,24+,27-/m0/s1. The van der Waals surface area contributed by atoms with E-state index in [-0.39, 0.29) is 30.5 Å². The summed E-state index contributed by atoms with van der Waals surface area (Å²) in [7, 11) is 4.31. The largest absolute Gasteiger partial charge is 0.496 e. The van der Waals surface area contributed by atoms with Crippen LogP contribution in [0.15, 0.2) is 30.3 Å². The van der Waals surface area contributed by atoms with E-state index < -0.39 is 49.3 Å². The predicted molar refractivity (Wildman–Crippen MR) is 136 cm³/mol. The van der Waals surface area contributed by atoms with E-state index in [0.717, 1.165) is 0 Å². The molecule has 2 heterocycles. The summed E-state index contributed by atoms with van der Waals surface area (Å²) in [5.74, 6) is 0.909. The Balaban J connectivity index is 1.70. The van der Waals surface area contributed by atoms with Gasteiger partial charge in [0.15, 0.2) is 11.5 Å². The zero-order valence-corrected chi connectivity index (χ0v) is 21.8. The third-order valence-electron chi connectivity index (χ3n) is 6.87. The number of hydrogen-bond acceptors (Lipinski definition) is 12.